The standard InChI is InChI=1S/C26H33N3O2/c30-25(27-19-21-8-3-1-4-9-21)23-12-7-13-24(18-23)26(31)29-16-14-28(15-17-29)20-22-10-5-2-6-11-22/h1,3-4,7-9,12-13,18,22H,2,5-6,10-11,14-17,19-20H2,(H,27,30). The van der Waals surface area contributed by atoms with Crippen LogP contribution >= 0.6 is 0 Å². The van der Waals surface area contributed by atoms with Crippen molar-refractivity contribution in [3.8, 4) is 0 Å². The SMILES string of the molecule is O=C(NCc1ccccc1)c1cccc(C(=O)N2CCN(CC3CCCCC3)CC2)c1. The normalized spacial score (nSPS) is 18.0. The molecule has 1 saturated carbocycles. The molecule has 0 bridgehead atoms. The van der Waals surface area contributed by atoms with Crippen molar-refractivity contribution in [1.29, 1.82) is 0 Å². The Morgan fingerprint density at radius 3 is 2.29 bits per heavy atom. The monoisotopic (exact) mass is 419 g/mol. The van der Waals surface area contributed by atoms with Crippen LogP contribution in [0.3, 0.4) is 0 Å². The van der Waals surface area contributed by atoms with Gasteiger partial charge in [-0.2, -0.15) is 0 Å². The molecule has 0 aromatic heterocycles. The molecule has 1 aliphatic heterocycles. The third kappa shape index (κ3) is 5.95. The smallest absolute Gasteiger partial charge is 0.253 e. The van der Waals surface area contributed by atoms with Crippen LogP contribution < -0.4 is 5.32 Å². The fourth-order valence-corrected chi connectivity index (χ4v) is 4.72. The average molecular weight is 420 g/mol. The zero-order chi connectivity index (χ0) is 21.5. The minimum Gasteiger partial charge on any atom is -0.348 e. The molecule has 31 heavy (non-hydrogen) atoms. The first kappa shape index (κ1) is 21.6. The van der Waals surface area contributed by atoms with Crippen LogP contribution in [0.1, 0.15) is 58.4 Å². The summed E-state index contributed by atoms with van der Waals surface area (Å²) in [4.78, 5) is 30.0. The minimum absolute atomic E-state index is 0.0232. The van der Waals surface area contributed by atoms with Gasteiger partial charge in [0.15, 0.2) is 0 Å². The Bertz CT molecular complexity index is 869. The van der Waals surface area contributed by atoms with Gasteiger partial charge in [-0.25, -0.2) is 0 Å². The van der Waals surface area contributed by atoms with Crippen molar-refractivity contribution in [1.82, 2.24) is 15.1 Å². The number of amides is 2. The summed E-state index contributed by atoms with van der Waals surface area (Å²) in [5, 5.41) is 2.93. The van der Waals surface area contributed by atoms with E-state index in [0.717, 1.165) is 37.7 Å². The molecule has 4 rings (SSSR count). The Morgan fingerprint density at radius 2 is 1.55 bits per heavy atom. The average Bonchev–Trinajstić information content (AvgIpc) is 2.84. The summed E-state index contributed by atoms with van der Waals surface area (Å²) in [6, 6.07) is 16.9. The molecule has 1 heterocycles. The van der Waals surface area contributed by atoms with E-state index in [1.807, 2.05) is 41.3 Å². The summed E-state index contributed by atoms with van der Waals surface area (Å²) in [6.45, 7) is 5.06. The molecule has 1 aliphatic carbocycles. The molecule has 2 aromatic rings. The molecule has 2 fully saturated rings. The Kier molecular flexibility index (Phi) is 7.36. The van der Waals surface area contributed by atoms with E-state index in [4.69, 9.17) is 0 Å². The molecule has 0 atom stereocenters. The van der Waals surface area contributed by atoms with Crippen LogP contribution in [-0.4, -0.2) is 54.3 Å². The number of benzene rings is 2. The van der Waals surface area contributed by atoms with Gasteiger partial charge in [0.2, 0.25) is 0 Å². The van der Waals surface area contributed by atoms with Gasteiger partial charge in [-0.3, -0.25) is 14.5 Å². The maximum absolute atomic E-state index is 13.0. The van der Waals surface area contributed by atoms with Crippen molar-refractivity contribution in [2.24, 2.45) is 5.92 Å². The van der Waals surface area contributed by atoms with Crippen molar-refractivity contribution in [3.63, 3.8) is 0 Å². The van der Waals surface area contributed by atoms with E-state index in [0.29, 0.717) is 17.7 Å². The van der Waals surface area contributed by atoms with Crippen LogP contribution in [0.25, 0.3) is 0 Å². The number of hydrogen-bond donors (Lipinski definition) is 1. The number of nitrogens with one attached hydrogen (secondary N) is 1. The molecule has 2 aromatic carbocycles. The second kappa shape index (κ2) is 10.6. The number of carbonyl (C=O) groups excluding carboxylic acids is 2. The topological polar surface area (TPSA) is 52.7 Å². The number of nitrogens with zero attached hydrogens (tertiary/aromatic N) is 2. The summed E-state index contributed by atoms with van der Waals surface area (Å²) in [5.74, 6) is 0.702. The van der Waals surface area contributed by atoms with Gasteiger partial charge in [-0.1, -0.05) is 55.7 Å². The van der Waals surface area contributed by atoms with Gasteiger partial charge in [-0.15, -0.1) is 0 Å². The highest BCUT2D eigenvalue weighted by molar-refractivity contribution is 5.99. The van der Waals surface area contributed by atoms with Crippen LogP contribution in [0.5, 0.6) is 0 Å². The van der Waals surface area contributed by atoms with Gasteiger partial charge < -0.3 is 10.2 Å². The Morgan fingerprint density at radius 1 is 0.839 bits per heavy atom. The molecule has 0 spiro atoms. The zero-order valence-electron chi connectivity index (χ0n) is 18.3. The van der Waals surface area contributed by atoms with Gasteiger partial charge in [0.1, 0.15) is 0 Å². The van der Waals surface area contributed by atoms with Crippen LogP contribution in [0.4, 0.5) is 0 Å². The Balaban J connectivity index is 1.29. The van der Waals surface area contributed by atoms with Gasteiger partial charge in [0, 0.05) is 50.4 Å². The second-order valence-electron chi connectivity index (χ2n) is 8.85. The van der Waals surface area contributed by atoms with E-state index in [2.05, 4.69) is 10.2 Å². The highest BCUT2D eigenvalue weighted by Gasteiger charge is 2.25. The summed E-state index contributed by atoms with van der Waals surface area (Å²) >= 11 is 0. The molecular formula is C26H33N3O2. The predicted molar refractivity (Wildman–Crippen MR) is 123 cm³/mol. The van der Waals surface area contributed by atoms with Crippen molar-refractivity contribution >= 4 is 11.8 Å². The molecule has 1 N–H and O–H groups in total. The second-order valence-corrected chi connectivity index (χ2v) is 8.85. The highest BCUT2D eigenvalue weighted by Crippen LogP contribution is 2.25. The molecule has 1 saturated heterocycles. The molecule has 164 valence electrons. The quantitative estimate of drug-likeness (QED) is 0.771. The number of carbonyl (C=O) groups is 2. The van der Waals surface area contributed by atoms with Gasteiger partial charge >= 0.3 is 0 Å². The van der Waals surface area contributed by atoms with Gasteiger partial charge in [-0.05, 0) is 42.5 Å². The first-order valence-corrected chi connectivity index (χ1v) is 11.6. The summed E-state index contributed by atoms with van der Waals surface area (Å²) < 4.78 is 0. The third-order valence-electron chi connectivity index (χ3n) is 6.57. The lowest BCUT2D eigenvalue weighted by atomic mass is 9.89. The lowest BCUT2D eigenvalue weighted by Gasteiger charge is -2.37. The molecule has 0 unspecified atom stereocenters. The van der Waals surface area contributed by atoms with Crippen LogP contribution in [-0.2, 0) is 6.54 Å². The molecule has 5 nitrogen and oxygen atoms in total. The Hall–Kier alpha value is -2.66. The lowest BCUT2D eigenvalue weighted by Crippen LogP contribution is -2.49. The van der Waals surface area contributed by atoms with Gasteiger partial charge in [0.25, 0.3) is 11.8 Å². The highest BCUT2D eigenvalue weighted by atomic mass is 16.2. The fraction of sp³-hybridized carbons (Fsp3) is 0.462. The van der Waals surface area contributed by atoms with Crippen LogP contribution in [0.2, 0.25) is 0 Å². The van der Waals surface area contributed by atoms with Gasteiger partial charge in [0.05, 0.1) is 0 Å². The van der Waals surface area contributed by atoms with Crippen LogP contribution in [0.15, 0.2) is 54.6 Å². The first-order valence-electron chi connectivity index (χ1n) is 11.6. The molecule has 2 amide bonds. The number of piperazine rings is 1. The Labute approximate surface area is 185 Å². The maximum Gasteiger partial charge on any atom is 0.253 e. The molecule has 5 heteroatoms. The summed E-state index contributed by atoms with van der Waals surface area (Å²) in [6.07, 6.45) is 6.86. The van der Waals surface area contributed by atoms with Crippen molar-refractivity contribution in [2.45, 2.75) is 38.6 Å². The molecule has 2 aliphatic rings. The number of hydrogen-bond acceptors (Lipinski definition) is 3. The minimum atomic E-state index is -0.157. The van der Waals surface area contributed by atoms with Crippen LogP contribution in [0, 0.1) is 5.92 Å². The van der Waals surface area contributed by atoms with E-state index in [1.165, 1.54) is 38.6 Å². The fourth-order valence-electron chi connectivity index (χ4n) is 4.72. The summed E-state index contributed by atoms with van der Waals surface area (Å²) in [7, 11) is 0. The van der Waals surface area contributed by atoms with E-state index >= 15 is 0 Å². The number of rotatable bonds is 6. The first-order chi connectivity index (χ1) is 15.2. The van der Waals surface area contributed by atoms with E-state index in [-0.39, 0.29) is 11.8 Å². The van der Waals surface area contributed by atoms with E-state index in [1.54, 1.807) is 18.2 Å². The predicted octanol–water partition coefficient (Wildman–Crippen LogP) is 3.95. The summed E-state index contributed by atoms with van der Waals surface area (Å²) in [5.41, 5.74) is 2.17. The zero-order valence-corrected chi connectivity index (χ0v) is 18.3. The molecular weight excluding hydrogens is 386 g/mol. The van der Waals surface area contributed by atoms with E-state index in [9.17, 15) is 9.59 Å². The third-order valence-corrected chi connectivity index (χ3v) is 6.57. The maximum atomic E-state index is 13.0. The van der Waals surface area contributed by atoms with Crippen molar-refractivity contribution < 1.29 is 9.59 Å². The lowest BCUT2D eigenvalue weighted by molar-refractivity contribution is 0.0606. The molecule has 0 radical (unpaired) electrons. The van der Waals surface area contributed by atoms with Crippen molar-refractivity contribution in [2.75, 3.05) is 32.7 Å². The van der Waals surface area contributed by atoms with E-state index < -0.39 is 0 Å². The largest absolute Gasteiger partial charge is 0.348 e. The van der Waals surface area contributed by atoms with Crippen molar-refractivity contribution in [3.05, 3.63) is 71.3 Å².